The minimum atomic E-state index is -3.47. The molecule has 3 rings (SSSR count). The molecule has 0 spiro atoms. The third kappa shape index (κ3) is 3.19. The molecule has 1 aliphatic rings. The smallest absolute Gasteiger partial charge is 0.407 e. The van der Waals surface area contributed by atoms with Crippen LogP contribution >= 0.6 is 0 Å². The Kier molecular flexibility index (Phi) is 1.23. The van der Waals surface area contributed by atoms with Gasteiger partial charge in [-0.3, -0.25) is 0 Å². The van der Waals surface area contributed by atoms with Gasteiger partial charge in [0.15, 0.2) is 0 Å². The quantitative estimate of drug-likeness (QED) is 0.887. The van der Waals surface area contributed by atoms with E-state index < -0.39 is 91.2 Å². The van der Waals surface area contributed by atoms with Crippen LogP contribution < -0.4 is 5.32 Å². The van der Waals surface area contributed by atoms with E-state index in [-0.39, 0.29) is 4.90 Å². The first kappa shape index (κ1) is 4.49. The van der Waals surface area contributed by atoms with E-state index in [0.717, 1.165) is 7.05 Å². The van der Waals surface area contributed by atoms with Gasteiger partial charge in [0.05, 0.1) is 15.6 Å². The number of H-pyrrole nitrogens is 1. The number of hydrogen-bond acceptors (Lipinski definition) is 3. The zero-order chi connectivity index (χ0) is 28.9. The van der Waals surface area contributed by atoms with E-state index in [1.54, 1.807) is 5.32 Å². The summed E-state index contributed by atoms with van der Waals surface area (Å²) in [6.07, 6.45) is -9.27. The average molecular weight is 303 g/mol. The summed E-state index contributed by atoms with van der Waals surface area (Å²) in [6.45, 7) is -9.84. The standard InChI is InChI=1S/C16H21N3O2/c1-19(2)6-5-12-9-17-15-4-3-11(8-14(12)15)7-13-10-21-16(20)18-13/h3-4,8-9,13,17H,5-7,10H2,1-2H3,(H,18,20)/t13-/m0/s1/i1D3,3D,4D,5D2,6D2,7D2,8D,9D,10D2,13D. The number of carbonyl (C=O) groups is 1. The fourth-order valence-electron chi connectivity index (χ4n) is 1.60. The molecule has 1 aliphatic heterocycles. The van der Waals surface area contributed by atoms with E-state index in [0.29, 0.717) is 0 Å². The maximum Gasteiger partial charge on any atom is 0.407 e. The zero-order valence-corrected chi connectivity index (χ0v) is 10.8. The molecule has 0 bridgehead atoms. The summed E-state index contributed by atoms with van der Waals surface area (Å²) >= 11 is 0. The van der Waals surface area contributed by atoms with Crippen LogP contribution in [0.15, 0.2) is 24.3 Å². The molecular weight excluding hydrogens is 266 g/mol. The van der Waals surface area contributed by atoms with Gasteiger partial charge < -0.3 is 19.9 Å². The third-order valence-corrected chi connectivity index (χ3v) is 2.45. The number of fused-ring (bicyclic) bond motifs is 1. The van der Waals surface area contributed by atoms with Gasteiger partial charge in [-0.25, -0.2) is 4.79 Å². The van der Waals surface area contributed by atoms with Crippen molar-refractivity contribution in [2.24, 2.45) is 0 Å². The van der Waals surface area contributed by atoms with Crippen LogP contribution in [0.2, 0.25) is 0 Å². The molecule has 0 radical (unpaired) electrons. The first-order valence-electron chi connectivity index (χ1n) is 13.8. The van der Waals surface area contributed by atoms with Crippen LogP contribution in [0.25, 0.3) is 10.9 Å². The average Bonchev–Trinajstić information content (AvgIpc) is 3.18. The van der Waals surface area contributed by atoms with Crippen molar-refractivity contribution < 1.29 is 31.5 Å². The summed E-state index contributed by atoms with van der Waals surface area (Å²) < 4.78 is 134. The molecule has 1 aromatic carbocycles. The zero-order valence-electron chi connectivity index (χ0n) is 26.8. The normalized spacial score (nSPS) is 37.9. The number of ether oxygens (including phenoxy) is 1. The van der Waals surface area contributed by atoms with Crippen molar-refractivity contribution in [1.29, 1.82) is 0 Å². The Morgan fingerprint density at radius 3 is 3.38 bits per heavy atom. The Bertz CT molecular complexity index is 1290. The number of nitrogens with one attached hydrogen (secondary N) is 2. The lowest BCUT2D eigenvalue weighted by molar-refractivity contribution is 0.177. The molecule has 1 atom stereocenters. The number of likely N-dealkylation sites (N-methyl/N-ethyl adjacent to an activating group) is 1. The van der Waals surface area contributed by atoms with E-state index in [1.807, 2.05) is 0 Å². The van der Waals surface area contributed by atoms with E-state index in [2.05, 4.69) is 9.72 Å². The Labute approximate surface area is 146 Å². The molecule has 1 fully saturated rings. The number of cyclic esters (lactones) is 1. The molecule has 2 heterocycles. The lowest BCUT2D eigenvalue weighted by Crippen LogP contribution is -2.28. The largest absolute Gasteiger partial charge is 0.447 e. The molecule has 0 unspecified atom stereocenters. The summed E-state index contributed by atoms with van der Waals surface area (Å²) in [6, 6.07) is -6.36. The van der Waals surface area contributed by atoms with Crippen LogP contribution in [0.3, 0.4) is 0 Å². The highest BCUT2D eigenvalue weighted by Gasteiger charge is 2.22. The molecular formula is C16H21N3O2. The highest BCUT2D eigenvalue weighted by Crippen LogP contribution is 2.21. The maximum absolute atomic E-state index is 11.7. The molecule has 112 valence electrons. The summed E-state index contributed by atoms with van der Waals surface area (Å²) in [5.74, 6) is 0. The lowest BCUT2D eigenvalue weighted by atomic mass is 10.0. The molecule has 0 aliphatic carbocycles. The second-order valence-corrected chi connectivity index (χ2v) is 4.04. The van der Waals surface area contributed by atoms with Gasteiger partial charge in [-0.15, -0.1) is 0 Å². The van der Waals surface area contributed by atoms with Crippen molar-refractivity contribution in [3.8, 4) is 0 Å². The molecule has 1 aromatic heterocycles. The Hall–Kier alpha value is -2.01. The lowest BCUT2D eigenvalue weighted by Gasteiger charge is -2.09. The predicted molar refractivity (Wildman–Crippen MR) is 82.5 cm³/mol. The maximum atomic E-state index is 11.7. The van der Waals surface area contributed by atoms with E-state index >= 15 is 0 Å². The topological polar surface area (TPSA) is 57.4 Å². The van der Waals surface area contributed by atoms with E-state index in [1.165, 1.54) is 0 Å². The van der Waals surface area contributed by atoms with E-state index in [4.69, 9.17) is 21.9 Å². The molecule has 0 saturated carbocycles. The molecule has 5 heteroatoms. The first-order valence-corrected chi connectivity index (χ1v) is 5.76. The summed E-state index contributed by atoms with van der Waals surface area (Å²) in [7, 11) is 0.765. The number of aromatic nitrogens is 1. The monoisotopic (exact) mass is 303 g/mol. The third-order valence-electron chi connectivity index (χ3n) is 2.45. The van der Waals surface area contributed by atoms with Crippen LogP contribution in [-0.2, 0) is 17.5 Å². The molecule has 2 aromatic rings. The minimum Gasteiger partial charge on any atom is -0.447 e. The second kappa shape index (κ2) is 5.77. The fourth-order valence-corrected chi connectivity index (χ4v) is 1.60. The fraction of sp³-hybridized carbons (Fsp3) is 0.438. The number of amides is 1. The molecule has 1 amide bonds. The second-order valence-electron chi connectivity index (χ2n) is 4.04. The van der Waals surface area contributed by atoms with Crippen molar-refractivity contribution in [3.05, 3.63) is 35.4 Å². The van der Waals surface area contributed by atoms with Gasteiger partial charge in [0, 0.05) is 35.9 Å². The van der Waals surface area contributed by atoms with Crippen molar-refractivity contribution in [1.82, 2.24) is 15.2 Å². The number of carbonyl (C=O) groups excluding carboxylic acids is 1. The number of aromatic amines is 1. The number of aryl methyl sites for hydroxylation is 1. The number of nitrogens with zero attached hydrogens (tertiary/aromatic N) is 1. The van der Waals surface area contributed by atoms with Gasteiger partial charge in [-0.05, 0) is 50.0 Å². The van der Waals surface area contributed by atoms with Crippen LogP contribution in [0.1, 0.15) is 33.1 Å². The summed E-state index contributed by atoms with van der Waals surface area (Å²) in [5, 5.41) is 0.909. The molecule has 21 heavy (non-hydrogen) atoms. The summed E-state index contributed by atoms with van der Waals surface area (Å²) in [5.41, 5.74) is -2.65. The molecule has 5 nitrogen and oxygen atoms in total. The molecule has 2 N–H and O–H groups in total. The minimum absolute atomic E-state index is 0.0846. The van der Waals surface area contributed by atoms with Crippen molar-refractivity contribution in [2.75, 3.05) is 27.1 Å². The van der Waals surface area contributed by atoms with Crippen molar-refractivity contribution in [2.45, 2.75) is 18.8 Å². The highest BCUT2D eigenvalue weighted by molar-refractivity contribution is 5.84. The van der Waals surface area contributed by atoms with Gasteiger partial charge in [-0.2, -0.15) is 0 Å². The van der Waals surface area contributed by atoms with Gasteiger partial charge in [0.2, 0.25) is 0 Å². The van der Waals surface area contributed by atoms with Crippen molar-refractivity contribution in [3.63, 3.8) is 0 Å². The van der Waals surface area contributed by atoms with Crippen LogP contribution in [-0.4, -0.2) is 49.1 Å². The summed E-state index contributed by atoms with van der Waals surface area (Å²) in [4.78, 5) is 14.0. The van der Waals surface area contributed by atoms with Gasteiger partial charge in [0.1, 0.15) is 6.56 Å². The predicted octanol–water partition coefficient (Wildman–Crippen LogP) is 1.92. The highest BCUT2D eigenvalue weighted by atomic mass is 16.6. The Morgan fingerprint density at radius 2 is 2.62 bits per heavy atom. The van der Waals surface area contributed by atoms with Crippen LogP contribution in [0, 0.1) is 0 Å². The Morgan fingerprint density at radius 1 is 1.71 bits per heavy atom. The first-order chi connectivity index (χ1) is 16.4. The van der Waals surface area contributed by atoms with Gasteiger partial charge in [0.25, 0.3) is 0 Å². The molecule has 1 saturated heterocycles. The number of benzene rings is 1. The van der Waals surface area contributed by atoms with Gasteiger partial charge in [-0.1, -0.05) is 6.04 Å². The SMILES string of the molecule is [2H]c1[nH]c2c([2H])c([2H])c(C([2H])([2H])[C@]3([2H])NC(=O)OC3([2H])[2H])c([2H])c2c1C([2H])([2H])C([2H])([2H])N(C)C([2H])([2H])[2H]. The van der Waals surface area contributed by atoms with E-state index in [9.17, 15) is 4.79 Å². The Balaban J connectivity index is 2.42. The van der Waals surface area contributed by atoms with Crippen LogP contribution in [0.5, 0.6) is 0 Å². The van der Waals surface area contributed by atoms with Crippen molar-refractivity contribution >= 4 is 17.0 Å². The number of hydrogen-bond donors (Lipinski definition) is 2. The van der Waals surface area contributed by atoms with Crippen LogP contribution in [0.4, 0.5) is 4.79 Å². The number of alkyl carbamates (subject to hydrolysis) is 1. The number of rotatable bonds is 5. The van der Waals surface area contributed by atoms with Gasteiger partial charge >= 0.3 is 6.09 Å².